The van der Waals surface area contributed by atoms with E-state index >= 15 is 0 Å². The molecule has 4 aromatic rings. The van der Waals surface area contributed by atoms with Crippen molar-refractivity contribution in [2.45, 2.75) is 9.79 Å². The van der Waals surface area contributed by atoms with Crippen molar-refractivity contribution in [3.8, 4) is 11.1 Å². The number of benzene rings is 2. The Morgan fingerprint density at radius 2 is 1.60 bits per heavy atom. The van der Waals surface area contributed by atoms with Crippen molar-refractivity contribution >= 4 is 32.6 Å². The number of rotatable bonds is 5. The molecular formula is C23H17N3O3S. The molecule has 0 bridgehead atoms. The molecule has 0 spiro atoms. The molecule has 2 N–H and O–H groups in total. The fourth-order valence-electron chi connectivity index (χ4n) is 3.30. The highest BCUT2D eigenvalue weighted by Gasteiger charge is 2.24. The molecule has 148 valence electrons. The fraction of sp³-hybridized carbons (Fsp3) is 0. The van der Waals surface area contributed by atoms with E-state index < -0.39 is 15.7 Å². The molecule has 2 aromatic heterocycles. The number of carbonyl (C=O) groups is 1. The van der Waals surface area contributed by atoms with Crippen molar-refractivity contribution < 1.29 is 13.2 Å². The molecule has 2 aromatic carbocycles. The normalized spacial score (nSPS) is 11.7. The number of aromatic nitrogens is 2. The van der Waals surface area contributed by atoms with Crippen molar-refractivity contribution in [1.82, 2.24) is 9.97 Å². The van der Waals surface area contributed by atoms with Gasteiger partial charge in [-0.25, -0.2) is 8.42 Å². The van der Waals surface area contributed by atoms with Crippen molar-refractivity contribution in [3.05, 3.63) is 91.0 Å². The largest absolute Gasteiger partial charge is 0.366 e. The first kappa shape index (κ1) is 19.5. The second-order valence-electron chi connectivity index (χ2n) is 6.56. The number of nitrogens with zero attached hydrogens (tertiary/aromatic N) is 2. The van der Waals surface area contributed by atoms with Gasteiger partial charge in [-0.3, -0.25) is 14.8 Å². The van der Waals surface area contributed by atoms with Crippen LogP contribution < -0.4 is 5.73 Å². The number of amides is 1. The Morgan fingerprint density at radius 3 is 2.43 bits per heavy atom. The average Bonchev–Trinajstić information content (AvgIpc) is 2.77. The van der Waals surface area contributed by atoms with Crippen LogP contribution in [0.4, 0.5) is 0 Å². The first-order valence-electron chi connectivity index (χ1n) is 9.07. The Hall–Kier alpha value is -3.84. The van der Waals surface area contributed by atoms with Gasteiger partial charge in [-0.15, -0.1) is 0 Å². The monoisotopic (exact) mass is 415 g/mol. The van der Waals surface area contributed by atoms with Gasteiger partial charge in [-0.1, -0.05) is 42.5 Å². The van der Waals surface area contributed by atoms with Crippen LogP contribution in [0.5, 0.6) is 0 Å². The predicted molar refractivity (Wildman–Crippen MR) is 115 cm³/mol. The Kier molecular flexibility index (Phi) is 5.12. The summed E-state index contributed by atoms with van der Waals surface area (Å²) < 4.78 is 27.3. The van der Waals surface area contributed by atoms with E-state index in [1.54, 1.807) is 61.1 Å². The van der Waals surface area contributed by atoms with Gasteiger partial charge < -0.3 is 5.73 Å². The number of pyridine rings is 2. The zero-order valence-electron chi connectivity index (χ0n) is 15.8. The smallest absolute Gasteiger partial charge is 0.241 e. The van der Waals surface area contributed by atoms with Gasteiger partial charge in [0.2, 0.25) is 15.7 Å². The summed E-state index contributed by atoms with van der Waals surface area (Å²) >= 11 is 0. The highest BCUT2D eigenvalue weighted by Crippen LogP contribution is 2.35. The molecule has 0 unspecified atom stereocenters. The summed E-state index contributed by atoms with van der Waals surface area (Å²) in [6.07, 6.45) is 8.86. The molecule has 0 aliphatic carbocycles. The lowest BCUT2D eigenvalue weighted by atomic mass is 10.0. The maximum atomic E-state index is 13.7. The van der Waals surface area contributed by atoms with Crippen molar-refractivity contribution in [1.29, 1.82) is 0 Å². The SMILES string of the molecule is NC(=O)/C=C/c1cnccc1-c1ccccc1S(=O)(=O)c1cncc2ccccc12. The van der Waals surface area contributed by atoms with E-state index in [0.29, 0.717) is 22.1 Å². The van der Waals surface area contributed by atoms with Gasteiger partial charge in [-0.05, 0) is 23.8 Å². The van der Waals surface area contributed by atoms with Gasteiger partial charge in [0.25, 0.3) is 0 Å². The third kappa shape index (κ3) is 3.58. The molecule has 0 aliphatic rings. The van der Waals surface area contributed by atoms with Crippen LogP contribution in [0.1, 0.15) is 5.56 Å². The van der Waals surface area contributed by atoms with Crippen molar-refractivity contribution in [2.24, 2.45) is 5.73 Å². The van der Waals surface area contributed by atoms with Gasteiger partial charge in [0.05, 0.1) is 9.79 Å². The molecule has 6 nitrogen and oxygen atoms in total. The second kappa shape index (κ2) is 7.88. The van der Waals surface area contributed by atoms with Crippen LogP contribution in [0, 0.1) is 0 Å². The minimum absolute atomic E-state index is 0.135. The van der Waals surface area contributed by atoms with Gasteiger partial charge in [0.1, 0.15) is 0 Å². The molecule has 0 fully saturated rings. The Morgan fingerprint density at radius 1 is 0.833 bits per heavy atom. The topological polar surface area (TPSA) is 103 Å². The number of hydrogen-bond donors (Lipinski definition) is 1. The quantitative estimate of drug-likeness (QED) is 0.502. The van der Waals surface area contributed by atoms with Crippen LogP contribution >= 0.6 is 0 Å². The molecular weight excluding hydrogens is 398 g/mol. The van der Waals surface area contributed by atoms with Crippen molar-refractivity contribution in [2.75, 3.05) is 0 Å². The highest BCUT2D eigenvalue weighted by molar-refractivity contribution is 7.91. The summed E-state index contributed by atoms with van der Waals surface area (Å²) in [6.45, 7) is 0. The van der Waals surface area contributed by atoms with E-state index in [9.17, 15) is 13.2 Å². The molecule has 2 heterocycles. The molecule has 0 saturated heterocycles. The van der Waals surface area contributed by atoms with Crippen LogP contribution in [0.2, 0.25) is 0 Å². The molecule has 30 heavy (non-hydrogen) atoms. The summed E-state index contributed by atoms with van der Waals surface area (Å²) in [5, 5.41) is 1.34. The molecule has 0 atom stereocenters. The van der Waals surface area contributed by atoms with Crippen LogP contribution in [0.25, 0.3) is 28.0 Å². The maximum Gasteiger partial charge on any atom is 0.241 e. The Balaban J connectivity index is 1.95. The third-order valence-electron chi connectivity index (χ3n) is 4.67. The lowest BCUT2D eigenvalue weighted by Gasteiger charge is -2.14. The van der Waals surface area contributed by atoms with Gasteiger partial charge in [0.15, 0.2) is 0 Å². The summed E-state index contributed by atoms with van der Waals surface area (Å²) in [7, 11) is -3.89. The van der Waals surface area contributed by atoms with E-state index in [4.69, 9.17) is 5.73 Å². The first-order valence-corrected chi connectivity index (χ1v) is 10.6. The molecule has 0 aliphatic heterocycles. The van der Waals surface area contributed by atoms with Gasteiger partial charge >= 0.3 is 0 Å². The van der Waals surface area contributed by atoms with E-state index in [0.717, 1.165) is 5.39 Å². The molecule has 4 rings (SSSR count). The Bertz CT molecular complexity index is 1390. The van der Waals surface area contributed by atoms with E-state index in [1.165, 1.54) is 18.3 Å². The summed E-state index contributed by atoms with van der Waals surface area (Å²) in [5.74, 6) is -0.604. The van der Waals surface area contributed by atoms with Crippen LogP contribution in [0.15, 0.2) is 95.3 Å². The molecule has 1 amide bonds. The lowest BCUT2D eigenvalue weighted by molar-refractivity contribution is -0.113. The summed E-state index contributed by atoms with van der Waals surface area (Å²) in [4.78, 5) is 19.6. The number of sulfone groups is 1. The number of fused-ring (bicyclic) bond motifs is 1. The van der Waals surface area contributed by atoms with Gasteiger partial charge in [0, 0.05) is 52.8 Å². The fourth-order valence-corrected chi connectivity index (χ4v) is 4.94. The number of carbonyl (C=O) groups excluding carboxylic acids is 1. The summed E-state index contributed by atoms with van der Waals surface area (Å²) in [6, 6.07) is 15.6. The number of nitrogens with two attached hydrogens (primary N) is 1. The zero-order valence-corrected chi connectivity index (χ0v) is 16.6. The average molecular weight is 415 g/mol. The predicted octanol–water partition coefficient (Wildman–Crippen LogP) is 3.63. The third-order valence-corrected chi connectivity index (χ3v) is 6.51. The van der Waals surface area contributed by atoms with Crippen LogP contribution in [-0.4, -0.2) is 24.3 Å². The minimum Gasteiger partial charge on any atom is -0.366 e. The van der Waals surface area contributed by atoms with Gasteiger partial charge in [-0.2, -0.15) is 0 Å². The van der Waals surface area contributed by atoms with Crippen molar-refractivity contribution in [3.63, 3.8) is 0 Å². The zero-order chi connectivity index (χ0) is 21.1. The van der Waals surface area contributed by atoms with E-state index in [2.05, 4.69) is 9.97 Å². The minimum atomic E-state index is -3.89. The second-order valence-corrected chi connectivity index (χ2v) is 8.44. The van der Waals surface area contributed by atoms with E-state index in [-0.39, 0.29) is 9.79 Å². The van der Waals surface area contributed by atoms with E-state index in [1.807, 2.05) is 12.1 Å². The first-order chi connectivity index (χ1) is 14.5. The standard InChI is InChI=1S/C23H17N3O3S/c24-23(27)10-9-17-13-25-12-11-18(17)20-7-3-4-8-21(20)30(28,29)22-15-26-14-16-5-1-2-6-19(16)22/h1-15H,(H2,24,27)/b10-9+. The number of primary amides is 1. The van der Waals surface area contributed by atoms with Crippen LogP contribution in [0.3, 0.4) is 0 Å². The molecule has 7 heteroatoms. The maximum absolute atomic E-state index is 13.7. The molecule has 0 saturated carbocycles. The molecule has 0 radical (unpaired) electrons. The highest BCUT2D eigenvalue weighted by atomic mass is 32.2. The Labute approximate surface area is 173 Å². The number of hydrogen-bond acceptors (Lipinski definition) is 5. The summed E-state index contributed by atoms with van der Waals surface area (Å²) in [5.41, 5.74) is 6.90. The lowest BCUT2D eigenvalue weighted by Crippen LogP contribution is -2.06. The van der Waals surface area contributed by atoms with Crippen LogP contribution in [-0.2, 0) is 14.6 Å².